The molecule has 1 aromatic carbocycles. The lowest BCUT2D eigenvalue weighted by Gasteiger charge is -2.34. The SMILES string of the molecule is CC(=O)c1ccccc1OCC(O)CN1CCOC(Cn2cc(C)cn2)C1. The molecule has 7 nitrogen and oxygen atoms in total. The van der Waals surface area contributed by atoms with Crippen LogP contribution in [0.4, 0.5) is 0 Å². The van der Waals surface area contributed by atoms with Crippen LogP contribution in [0.2, 0.25) is 0 Å². The topological polar surface area (TPSA) is 76.8 Å². The number of nitrogens with zero attached hydrogens (tertiary/aromatic N) is 3. The summed E-state index contributed by atoms with van der Waals surface area (Å²) >= 11 is 0. The quantitative estimate of drug-likeness (QED) is 0.708. The Balaban J connectivity index is 1.47. The zero-order valence-corrected chi connectivity index (χ0v) is 15.9. The highest BCUT2D eigenvalue weighted by Crippen LogP contribution is 2.18. The number of morpholine rings is 1. The van der Waals surface area contributed by atoms with Gasteiger partial charge in [0.1, 0.15) is 18.5 Å². The number of ketones is 1. The number of aliphatic hydroxyl groups excluding tert-OH is 1. The van der Waals surface area contributed by atoms with E-state index in [0.717, 1.165) is 18.7 Å². The highest BCUT2D eigenvalue weighted by Gasteiger charge is 2.23. The van der Waals surface area contributed by atoms with Gasteiger partial charge in [0.2, 0.25) is 0 Å². The number of aliphatic hydroxyl groups is 1. The lowest BCUT2D eigenvalue weighted by atomic mass is 10.1. The van der Waals surface area contributed by atoms with Crippen LogP contribution >= 0.6 is 0 Å². The number of Topliss-reactive ketones (excluding diaryl/α,β-unsaturated/α-hetero) is 1. The summed E-state index contributed by atoms with van der Waals surface area (Å²) in [4.78, 5) is 13.8. The Morgan fingerprint density at radius 3 is 3.00 bits per heavy atom. The lowest BCUT2D eigenvalue weighted by Crippen LogP contribution is -2.47. The van der Waals surface area contributed by atoms with Crippen LogP contribution in [0.5, 0.6) is 5.75 Å². The van der Waals surface area contributed by atoms with E-state index in [1.807, 2.05) is 30.1 Å². The molecular formula is C20H27N3O4. The smallest absolute Gasteiger partial charge is 0.163 e. The molecule has 0 radical (unpaired) electrons. The Morgan fingerprint density at radius 2 is 2.26 bits per heavy atom. The van der Waals surface area contributed by atoms with Crippen LogP contribution in [0.1, 0.15) is 22.8 Å². The van der Waals surface area contributed by atoms with Crippen molar-refractivity contribution in [2.45, 2.75) is 32.6 Å². The molecule has 2 aromatic rings. The number of benzene rings is 1. The van der Waals surface area contributed by atoms with Crippen molar-refractivity contribution in [3.05, 3.63) is 47.8 Å². The van der Waals surface area contributed by atoms with Crippen molar-refractivity contribution in [1.29, 1.82) is 0 Å². The number of ether oxygens (including phenoxy) is 2. The van der Waals surface area contributed by atoms with Gasteiger partial charge in [-0.05, 0) is 31.5 Å². The fourth-order valence-electron chi connectivity index (χ4n) is 3.25. The molecule has 146 valence electrons. The number of carbonyl (C=O) groups is 1. The van der Waals surface area contributed by atoms with E-state index in [2.05, 4.69) is 10.00 Å². The molecule has 1 saturated heterocycles. The van der Waals surface area contributed by atoms with E-state index in [1.165, 1.54) is 6.92 Å². The second kappa shape index (κ2) is 9.12. The average molecular weight is 373 g/mol. The minimum atomic E-state index is -0.643. The maximum Gasteiger partial charge on any atom is 0.163 e. The van der Waals surface area contributed by atoms with Gasteiger partial charge >= 0.3 is 0 Å². The third-order valence-corrected chi connectivity index (χ3v) is 4.54. The summed E-state index contributed by atoms with van der Waals surface area (Å²) in [7, 11) is 0. The number of para-hydroxylation sites is 1. The highest BCUT2D eigenvalue weighted by molar-refractivity contribution is 5.96. The third-order valence-electron chi connectivity index (χ3n) is 4.54. The van der Waals surface area contributed by atoms with Crippen LogP contribution < -0.4 is 4.74 Å². The summed E-state index contributed by atoms with van der Waals surface area (Å²) in [6.07, 6.45) is 3.23. The minimum absolute atomic E-state index is 0.0459. The van der Waals surface area contributed by atoms with E-state index in [-0.39, 0.29) is 18.5 Å². The van der Waals surface area contributed by atoms with Crippen LogP contribution in [-0.2, 0) is 11.3 Å². The Kier molecular flexibility index (Phi) is 6.60. The summed E-state index contributed by atoms with van der Waals surface area (Å²) in [5.41, 5.74) is 1.66. The average Bonchev–Trinajstić information content (AvgIpc) is 3.05. The fraction of sp³-hybridized carbons (Fsp3) is 0.500. The monoisotopic (exact) mass is 373 g/mol. The lowest BCUT2D eigenvalue weighted by molar-refractivity contribution is -0.0517. The molecule has 1 aliphatic heterocycles. The van der Waals surface area contributed by atoms with Gasteiger partial charge in [0, 0.05) is 25.8 Å². The highest BCUT2D eigenvalue weighted by atomic mass is 16.5. The first-order chi connectivity index (χ1) is 13.0. The van der Waals surface area contributed by atoms with Crippen molar-refractivity contribution in [2.24, 2.45) is 0 Å². The van der Waals surface area contributed by atoms with Gasteiger partial charge < -0.3 is 14.6 Å². The van der Waals surface area contributed by atoms with Crippen molar-refractivity contribution >= 4 is 5.78 Å². The van der Waals surface area contributed by atoms with Gasteiger partial charge in [-0.25, -0.2) is 0 Å². The summed E-state index contributed by atoms with van der Waals surface area (Å²) in [5.74, 6) is 0.461. The second-order valence-electron chi connectivity index (χ2n) is 7.01. The number of aryl methyl sites for hydroxylation is 1. The van der Waals surface area contributed by atoms with Crippen molar-refractivity contribution in [1.82, 2.24) is 14.7 Å². The van der Waals surface area contributed by atoms with Crippen LogP contribution in [0.15, 0.2) is 36.7 Å². The molecule has 0 saturated carbocycles. The van der Waals surface area contributed by atoms with Gasteiger partial charge in [0.05, 0.1) is 31.0 Å². The number of β-amino-alcohol motifs (C(OH)–C–C–N with tert-alkyl or cyclic N) is 1. The van der Waals surface area contributed by atoms with E-state index in [9.17, 15) is 9.90 Å². The van der Waals surface area contributed by atoms with Crippen molar-refractivity contribution < 1.29 is 19.4 Å². The fourth-order valence-corrected chi connectivity index (χ4v) is 3.25. The van der Waals surface area contributed by atoms with Crippen LogP contribution in [0.25, 0.3) is 0 Å². The Morgan fingerprint density at radius 1 is 1.44 bits per heavy atom. The first-order valence-corrected chi connectivity index (χ1v) is 9.25. The second-order valence-corrected chi connectivity index (χ2v) is 7.01. The third kappa shape index (κ3) is 5.63. The molecule has 1 aliphatic rings. The molecule has 27 heavy (non-hydrogen) atoms. The largest absolute Gasteiger partial charge is 0.490 e. The van der Waals surface area contributed by atoms with Gasteiger partial charge in [-0.3, -0.25) is 14.4 Å². The van der Waals surface area contributed by atoms with Crippen LogP contribution in [-0.4, -0.2) is 70.6 Å². The molecule has 2 heterocycles. The molecule has 0 bridgehead atoms. The molecule has 1 N–H and O–H groups in total. The van der Waals surface area contributed by atoms with Gasteiger partial charge in [0.15, 0.2) is 5.78 Å². The predicted molar refractivity (Wildman–Crippen MR) is 101 cm³/mol. The number of hydrogen-bond donors (Lipinski definition) is 1. The van der Waals surface area contributed by atoms with E-state index in [4.69, 9.17) is 9.47 Å². The predicted octanol–water partition coefficient (Wildman–Crippen LogP) is 1.53. The van der Waals surface area contributed by atoms with E-state index >= 15 is 0 Å². The first-order valence-electron chi connectivity index (χ1n) is 9.25. The molecule has 0 amide bonds. The minimum Gasteiger partial charge on any atom is -0.490 e. The van der Waals surface area contributed by atoms with Gasteiger partial charge in [-0.15, -0.1) is 0 Å². The van der Waals surface area contributed by atoms with Crippen molar-refractivity contribution in [3.8, 4) is 5.75 Å². The molecule has 1 aromatic heterocycles. The number of carbonyl (C=O) groups excluding carboxylic acids is 1. The zero-order chi connectivity index (χ0) is 19.2. The molecule has 3 rings (SSSR count). The first kappa shape index (κ1) is 19.5. The van der Waals surface area contributed by atoms with Crippen LogP contribution in [0.3, 0.4) is 0 Å². The normalized spacial score (nSPS) is 19.0. The maximum atomic E-state index is 11.6. The van der Waals surface area contributed by atoms with Crippen LogP contribution in [0, 0.1) is 6.92 Å². The summed E-state index contributed by atoms with van der Waals surface area (Å²) < 4.78 is 13.4. The van der Waals surface area contributed by atoms with Crippen molar-refractivity contribution in [2.75, 3.05) is 32.8 Å². The molecule has 0 spiro atoms. The number of hydrogen-bond acceptors (Lipinski definition) is 6. The summed E-state index contributed by atoms with van der Waals surface area (Å²) in [6.45, 7) is 7.00. The molecular weight excluding hydrogens is 346 g/mol. The van der Waals surface area contributed by atoms with Gasteiger partial charge in [-0.2, -0.15) is 5.10 Å². The summed E-state index contributed by atoms with van der Waals surface area (Å²) in [5, 5.41) is 14.7. The van der Waals surface area contributed by atoms with Gasteiger partial charge in [-0.1, -0.05) is 12.1 Å². The standard InChI is InChI=1S/C20H27N3O4/c1-15-9-21-23(10-15)13-18-12-22(7-8-26-18)11-17(25)14-27-20-6-4-3-5-19(20)16(2)24/h3-6,9-10,17-18,25H,7-8,11-14H2,1-2H3. The van der Waals surface area contributed by atoms with E-state index in [0.29, 0.717) is 31.0 Å². The number of aromatic nitrogens is 2. The van der Waals surface area contributed by atoms with Crippen molar-refractivity contribution in [3.63, 3.8) is 0 Å². The molecule has 2 atom stereocenters. The Hall–Kier alpha value is -2.22. The zero-order valence-electron chi connectivity index (χ0n) is 15.9. The van der Waals surface area contributed by atoms with E-state index < -0.39 is 6.10 Å². The Bertz CT molecular complexity index is 761. The molecule has 0 aliphatic carbocycles. The Labute approximate surface area is 159 Å². The maximum absolute atomic E-state index is 11.6. The summed E-state index contributed by atoms with van der Waals surface area (Å²) in [6, 6.07) is 7.10. The van der Waals surface area contributed by atoms with Gasteiger partial charge in [0.25, 0.3) is 0 Å². The molecule has 1 fully saturated rings. The van der Waals surface area contributed by atoms with E-state index in [1.54, 1.807) is 18.2 Å². The molecule has 2 unspecified atom stereocenters. The molecule has 7 heteroatoms. The number of rotatable bonds is 8.